The lowest BCUT2D eigenvalue weighted by Gasteiger charge is -2.33. The highest BCUT2D eigenvalue weighted by Gasteiger charge is 2.25. The third-order valence-corrected chi connectivity index (χ3v) is 4.36. The molecule has 1 aromatic heterocycles. The van der Waals surface area contributed by atoms with Crippen LogP contribution in [0.5, 0.6) is 0 Å². The molecular weight excluding hydrogens is 286 g/mol. The SMILES string of the molecule is CS(=O)(=O)N1CCN(c2cc([N+](=O)[O-])cc(N)n2)CC1. The zero-order chi connectivity index (χ0) is 14.9. The lowest BCUT2D eigenvalue weighted by Crippen LogP contribution is -2.48. The second-order valence-electron chi connectivity index (χ2n) is 4.51. The van der Waals surface area contributed by atoms with Crippen molar-refractivity contribution < 1.29 is 13.3 Å². The van der Waals surface area contributed by atoms with Gasteiger partial charge in [-0.25, -0.2) is 13.4 Å². The van der Waals surface area contributed by atoms with Crippen LogP contribution in [0, 0.1) is 10.1 Å². The predicted octanol–water partition coefficient (Wildman–Crippen LogP) is -0.346. The third-order valence-electron chi connectivity index (χ3n) is 3.06. The van der Waals surface area contributed by atoms with E-state index in [4.69, 9.17) is 5.73 Å². The van der Waals surface area contributed by atoms with Gasteiger partial charge in [-0.1, -0.05) is 0 Å². The number of aromatic nitrogens is 1. The monoisotopic (exact) mass is 301 g/mol. The maximum absolute atomic E-state index is 11.4. The smallest absolute Gasteiger partial charge is 0.276 e. The summed E-state index contributed by atoms with van der Waals surface area (Å²) in [6, 6.07) is 2.53. The van der Waals surface area contributed by atoms with Crippen molar-refractivity contribution >= 4 is 27.3 Å². The fraction of sp³-hybridized carbons (Fsp3) is 0.500. The number of anilines is 2. The standard InChI is InChI=1S/C10H15N5O4S/c1-20(18,19)14-4-2-13(3-5-14)10-7-8(15(16)17)6-9(11)12-10/h6-7H,2-5H2,1H3,(H2,11,12). The molecule has 1 aliphatic heterocycles. The first-order valence-corrected chi connectivity index (χ1v) is 7.74. The molecule has 9 nitrogen and oxygen atoms in total. The fourth-order valence-corrected chi connectivity index (χ4v) is 2.87. The largest absolute Gasteiger partial charge is 0.383 e. The Morgan fingerprint density at radius 1 is 1.30 bits per heavy atom. The summed E-state index contributed by atoms with van der Waals surface area (Å²) in [7, 11) is -3.21. The summed E-state index contributed by atoms with van der Waals surface area (Å²) >= 11 is 0. The normalized spacial score (nSPS) is 17.1. The Bertz CT molecular complexity index is 625. The van der Waals surface area contributed by atoms with Crippen LogP contribution in [-0.4, -0.2) is 55.1 Å². The molecule has 10 heteroatoms. The first-order valence-electron chi connectivity index (χ1n) is 5.89. The summed E-state index contributed by atoms with van der Waals surface area (Å²) in [5.41, 5.74) is 5.43. The summed E-state index contributed by atoms with van der Waals surface area (Å²) in [5.74, 6) is 0.463. The van der Waals surface area contributed by atoms with Crippen LogP contribution in [0.1, 0.15) is 0 Å². The van der Waals surface area contributed by atoms with Crippen molar-refractivity contribution in [2.45, 2.75) is 0 Å². The van der Waals surface area contributed by atoms with Gasteiger partial charge in [0.1, 0.15) is 11.6 Å². The number of nitrogen functional groups attached to an aromatic ring is 1. The first kappa shape index (κ1) is 14.5. The van der Waals surface area contributed by atoms with Crippen LogP contribution < -0.4 is 10.6 Å². The van der Waals surface area contributed by atoms with E-state index in [1.54, 1.807) is 4.90 Å². The Kier molecular flexibility index (Phi) is 3.77. The van der Waals surface area contributed by atoms with Gasteiger partial charge in [-0.05, 0) is 0 Å². The van der Waals surface area contributed by atoms with E-state index in [-0.39, 0.29) is 11.5 Å². The maximum atomic E-state index is 11.4. The molecule has 1 aliphatic rings. The summed E-state index contributed by atoms with van der Waals surface area (Å²) in [6.07, 6.45) is 1.16. The molecule has 1 fully saturated rings. The van der Waals surface area contributed by atoms with Crippen LogP contribution in [0.25, 0.3) is 0 Å². The van der Waals surface area contributed by atoms with Gasteiger partial charge in [0.25, 0.3) is 5.69 Å². The molecule has 20 heavy (non-hydrogen) atoms. The van der Waals surface area contributed by atoms with Crippen LogP contribution >= 0.6 is 0 Å². The van der Waals surface area contributed by atoms with E-state index in [2.05, 4.69) is 4.98 Å². The van der Waals surface area contributed by atoms with Crippen molar-refractivity contribution in [3.63, 3.8) is 0 Å². The Balaban J connectivity index is 2.17. The summed E-state index contributed by atoms with van der Waals surface area (Å²) in [6.45, 7) is 1.48. The zero-order valence-electron chi connectivity index (χ0n) is 10.9. The number of pyridine rings is 1. The van der Waals surface area contributed by atoms with Gasteiger partial charge in [0.15, 0.2) is 0 Å². The van der Waals surface area contributed by atoms with Crippen molar-refractivity contribution in [3.8, 4) is 0 Å². The highest BCUT2D eigenvalue weighted by molar-refractivity contribution is 7.88. The lowest BCUT2D eigenvalue weighted by molar-refractivity contribution is -0.384. The van der Waals surface area contributed by atoms with Crippen molar-refractivity contribution in [3.05, 3.63) is 22.2 Å². The molecule has 0 aliphatic carbocycles. The molecule has 0 saturated carbocycles. The van der Waals surface area contributed by atoms with Crippen LogP contribution in [0.4, 0.5) is 17.3 Å². The Morgan fingerprint density at radius 2 is 1.90 bits per heavy atom. The zero-order valence-corrected chi connectivity index (χ0v) is 11.7. The second-order valence-corrected chi connectivity index (χ2v) is 6.50. The molecule has 0 aromatic carbocycles. The highest BCUT2D eigenvalue weighted by Crippen LogP contribution is 2.23. The van der Waals surface area contributed by atoms with Crippen LogP contribution in [-0.2, 0) is 10.0 Å². The Hall–Kier alpha value is -1.94. The summed E-state index contributed by atoms with van der Waals surface area (Å²) in [4.78, 5) is 16.1. The van der Waals surface area contributed by atoms with Crippen LogP contribution in [0.3, 0.4) is 0 Å². The minimum Gasteiger partial charge on any atom is -0.383 e. The Morgan fingerprint density at radius 3 is 2.40 bits per heavy atom. The number of hydrogen-bond donors (Lipinski definition) is 1. The van der Waals surface area contributed by atoms with E-state index in [1.807, 2.05) is 0 Å². The summed E-state index contributed by atoms with van der Waals surface area (Å²) < 4.78 is 24.2. The van der Waals surface area contributed by atoms with Crippen LogP contribution in [0.15, 0.2) is 12.1 Å². The van der Waals surface area contributed by atoms with Gasteiger partial charge in [-0.3, -0.25) is 10.1 Å². The predicted molar refractivity (Wildman–Crippen MR) is 73.9 cm³/mol. The van der Waals surface area contributed by atoms with Gasteiger partial charge >= 0.3 is 0 Å². The molecule has 0 radical (unpaired) electrons. The molecule has 0 unspecified atom stereocenters. The number of hydrogen-bond acceptors (Lipinski definition) is 7. The maximum Gasteiger partial charge on any atom is 0.276 e. The average molecular weight is 301 g/mol. The number of nitrogens with two attached hydrogens (primary N) is 1. The lowest BCUT2D eigenvalue weighted by atomic mass is 10.3. The topological polar surface area (TPSA) is 123 Å². The molecule has 0 bridgehead atoms. The molecular formula is C10H15N5O4S. The average Bonchev–Trinajstić information content (AvgIpc) is 2.37. The van der Waals surface area contributed by atoms with Gasteiger partial charge in [-0.15, -0.1) is 0 Å². The fourth-order valence-electron chi connectivity index (χ4n) is 2.04. The molecule has 2 N–H and O–H groups in total. The second kappa shape index (κ2) is 5.21. The number of nitro groups is 1. The third kappa shape index (κ3) is 3.14. The molecule has 0 amide bonds. The number of sulfonamides is 1. The molecule has 110 valence electrons. The summed E-state index contributed by atoms with van der Waals surface area (Å²) in [5, 5.41) is 10.8. The van der Waals surface area contributed by atoms with E-state index in [0.29, 0.717) is 32.0 Å². The van der Waals surface area contributed by atoms with Gasteiger partial charge in [0.05, 0.1) is 23.3 Å². The number of piperazine rings is 1. The van der Waals surface area contributed by atoms with Gasteiger partial charge < -0.3 is 10.6 Å². The van der Waals surface area contributed by atoms with Crippen molar-refractivity contribution in [2.75, 3.05) is 43.1 Å². The molecule has 1 saturated heterocycles. The molecule has 1 aromatic rings. The molecule has 2 heterocycles. The van der Waals surface area contributed by atoms with E-state index in [1.165, 1.54) is 16.4 Å². The molecule has 2 rings (SSSR count). The minimum absolute atomic E-state index is 0.0692. The van der Waals surface area contributed by atoms with Crippen molar-refractivity contribution in [1.82, 2.24) is 9.29 Å². The number of nitrogens with zero attached hydrogens (tertiary/aromatic N) is 4. The van der Waals surface area contributed by atoms with E-state index in [0.717, 1.165) is 6.26 Å². The van der Waals surface area contributed by atoms with E-state index in [9.17, 15) is 18.5 Å². The molecule has 0 spiro atoms. The first-order chi connectivity index (χ1) is 9.27. The minimum atomic E-state index is -3.21. The quantitative estimate of drug-likeness (QED) is 0.598. The number of rotatable bonds is 3. The van der Waals surface area contributed by atoms with E-state index < -0.39 is 14.9 Å². The van der Waals surface area contributed by atoms with E-state index >= 15 is 0 Å². The van der Waals surface area contributed by atoms with Gasteiger partial charge in [0, 0.05) is 26.2 Å². The van der Waals surface area contributed by atoms with Crippen molar-refractivity contribution in [1.29, 1.82) is 0 Å². The van der Waals surface area contributed by atoms with Gasteiger partial charge in [-0.2, -0.15) is 4.31 Å². The molecule has 0 atom stereocenters. The van der Waals surface area contributed by atoms with Crippen LogP contribution in [0.2, 0.25) is 0 Å². The van der Waals surface area contributed by atoms with Gasteiger partial charge in [0.2, 0.25) is 10.0 Å². The van der Waals surface area contributed by atoms with Crippen molar-refractivity contribution in [2.24, 2.45) is 0 Å². The Labute approximate surface area is 116 Å². The highest BCUT2D eigenvalue weighted by atomic mass is 32.2.